The number of thioether (sulfide) groups is 1. The van der Waals surface area contributed by atoms with E-state index in [4.69, 9.17) is 0 Å². The number of para-hydroxylation sites is 1. The molecule has 0 bridgehead atoms. The highest BCUT2D eigenvalue weighted by molar-refractivity contribution is 8.00. The van der Waals surface area contributed by atoms with Gasteiger partial charge in [-0.15, -0.1) is 11.3 Å². The third kappa shape index (κ3) is 3.28. The summed E-state index contributed by atoms with van der Waals surface area (Å²) >= 11 is 3.32. The summed E-state index contributed by atoms with van der Waals surface area (Å²) in [6, 6.07) is 9.56. The molecule has 0 unspecified atom stereocenters. The number of aromatic nitrogens is 2. The van der Waals surface area contributed by atoms with Gasteiger partial charge in [0.15, 0.2) is 0 Å². The minimum absolute atomic E-state index is 0.00695. The van der Waals surface area contributed by atoms with Crippen molar-refractivity contribution in [3.63, 3.8) is 0 Å². The molecule has 4 rings (SSSR count). The van der Waals surface area contributed by atoms with Crippen molar-refractivity contribution in [2.75, 3.05) is 5.32 Å². The van der Waals surface area contributed by atoms with Crippen LogP contribution in [0.3, 0.4) is 0 Å². The molecule has 1 amide bonds. The Morgan fingerprint density at radius 1 is 1.24 bits per heavy atom. The maximum atomic E-state index is 12.5. The number of fused-ring (bicyclic) bond motifs is 3. The first-order valence-corrected chi connectivity index (χ1v) is 10.1. The number of nitrogens with one attached hydrogen (secondary N) is 1. The lowest BCUT2D eigenvalue weighted by atomic mass is 10.2. The number of rotatable bonds is 4. The highest BCUT2D eigenvalue weighted by atomic mass is 32.2. The molecule has 1 aliphatic rings. The zero-order valence-corrected chi connectivity index (χ0v) is 15.8. The van der Waals surface area contributed by atoms with Gasteiger partial charge in [-0.3, -0.25) is 4.79 Å². The van der Waals surface area contributed by atoms with Gasteiger partial charge in [-0.1, -0.05) is 30.0 Å². The van der Waals surface area contributed by atoms with Crippen LogP contribution >= 0.6 is 23.1 Å². The Morgan fingerprint density at radius 2 is 2.04 bits per heavy atom. The van der Waals surface area contributed by atoms with E-state index in [1.807, 2.05) is 44.2 Å². The number of carbonyl (C=O) groups excluding carboxylic acids is 1. The molecule has 1 aliphatic carbocycles. The van der Waals surface area contributed by atoms with Gasteiger partial charge < -0.3 is 5.32 Å². The predicted octanol–water partition coefficient (Wildman–Crippen LogP) is 4.61. The van der Waals surface area contributed by atoms with Crippen LogP contribution in [0.5, 0.6) is 0 Å². The smallest absolute Gasteiger partial charge is 0.237 e. The first-order chi connectivity index (χ1) is 12.1. The van der Waals surface area contributed by atoms with Crippen molar-refractivity contribution in [1.29, 1.82) is 0 Å². The number of aryl methyl sites for hydroxylation is 3. The number of hydrogen-bond acceptors (Lipinski definition) is 5. The average molecular weight is 370 g/mol. The summed E-state index contributed by atoms with van der Waals surface area (Å²) < 4.78 is 0. The van der Waals surface area contributed by atoms with Crippen molar-refractivity contribution in [3.05, 3.63) is 46.6 Å². The number of nitrogens with zero attached hydrogens (tertiary/aromatic N) is 2. The van der Waals surface area contributed by atoms with Gasteiger partial charge in [0.25, 0.3) is 0 Å². The Morgan fingerprint density at radius 3 is 2.84 bits per heavy atom. The molecule has 128 valence electrons. The number of benzene rings is 1. The maximum Gasteiger partial charge on any atom is 0.237 e. The van der Waals surface area contributed by atoms with E-state index in [0.29, 0.717) is 0 Å². The van der Waals surface area contributed by atoms with Crippen LogP contribution in [0.15, 0.2) is 35.4 Å². The third-order valence-corrected chi connectivity index (χ3v) is 6.61. The van der Waals surface area contributed by atoms with E-state index in [2.05, 4.69) is 15.3 Å². The first kappa shape index (κ1) is 16.5. The van der Waals surface area contributed by atoms with Crippen molar-refractivity contribution in [2.45, 2.75) is 43.4 Å². The summed E-state index contributed by atoms with van der Waals surface area (Å²) in [5, 5.41) is 4.86. The largest absolute Gasteiger partial charge is 0.325 e. The van der Waals surface area contributed by atoms with Gasteiger partial charge >= 0.3 is 0 Å². The second-order valence-corrected chi connectivity index (χ2v) is 8.64. The Bertz CT molecular complexity index is 937. The summed E-state index contributed by atoms with van der Waals surface area (Å²) in [4.78, 5) is 24.3. The molecule has 2 aromatic heterocycles. The van der Waals surface area contributed by atoms with Crippen LogP contribution in [0.2, 0.25) is 0 Å². The van der Waals surface area contributed by atoms with Crippen LogP contribution in [-0.4, -0.2) is 21.1 Å². The Balaban J connectivity index is 1.60. The quantitative estimate of drug-likeness (QED) is 0.539. The van der Waals surface area contributed by atoms with Crippen molar-refractivity contribution < 1.29 is 4.79 Å². The van der Waals surface area contributed by atoms with Gasteiger partial charge in [0.05, 0.1) is 5.25 Å². The second kappa shape index (κ2) is 6.77. The van der Waals surface area contributed by atoms with E-state index in [1.165, 1.54) is 34.0 Å². The molecule has 25 heavy (non-hydrogen) atoms. The molecule has 0 spiro atoms. The molecule has 4 nitrogen and oxygen atoms in total. The number of thiophene rings is 1. The topological polar surface area (TPSA) is 54.9 Å². The van der Waals surface area contributed by atoms with Crippen molar-refractivity contribution in [3.8, 4) is 0 Å². The van der Waals surface area contributed by atoms with Gasteiger partial charge in [0.2, 0.25) is 5.91 Å². The summed E-state index contributed by atoms with van der Waals surface area (Å²) in [6.45, 7) is 3.85. The van der Waals surface area contributed by atoms with E-state index in [0.717, 1.165) is 34.2 Å². The lowest BCUT2D eigenvalue weighted by Crippen LogP contribution is -2.22. The van der Waals surface area contributed by atoms with Crippen molar-refractivity contribution in [2.24, 2.45) is 0 Å². The SMILES string of the molecule is Cc1nc(S[C@H](C)C(=O)Nc2ccccc2)c2c3c(sc2n1)CCC3. The molecule has 1 aromatic carbocycles. The normalized spacial score (nSPS) is 14.5. The molecule has 1 atom stereocenters. The number of hydrogen-bond donors (Lipinski definition) is 1. The van der Waals surface area contributed by atoms with Crippen molar-refractivity contribution >= 4 is 44.9 Å². The minimum Gasteiger partial charge on any atom is -0.325 e. The zero-order valence-electron chi connectivity index (χ0n) is 14.2. The predicted molar refractivity (Wildman–Crippen MR) is 105 cm³/mol. The molecular weight excluding hydrogens is 350 g/mol. The standard InChI is InChI=1S/C19H19N3OS2/c1-11(17(23)22-13-7-4-3-5-8-13)24-18-16-14-9-6-10-15(14)25-19(16)21-12(2)20-18/h3-5,7-8,11H,6,9-10H2,1-2H3,(H,22,23)/t11-/m1/s1. The zero-order chi connectivity index (χ0) is 17.4. The molecule has 0 saturated carbocycles. The van der Waals surface area contributed by atoms with E-state index in [1.54, 1.807) is 11.3 Å². The molecule has 0 aliphatic heterocycles. The average Bonchev–Trinajstić information content (AvgIpc) is 3.15. The van der Waals surface area contributed by atoms with Crippen LogP contribution in [-0.2, 0) is 17.6 Å². The molecule has 2 heterocycles. The first-order valence-electron chi connectivity index (χ1n) is 8.43. The molecule has 6 heteroatoms. The number of anilines is 1. The summed E-state index contributed by atoms with van der Waals surface area (Å²) in [7, 11) is 0. The van der Waals surface area contributed by atoms with Gasteiger partial charge in [-0.2, -0.15) is 0 Å². The second-order valence-electron chi connectivity index (χ2n) is 6.23. The molecule has 0 fully saturated rings. The fourth-order valence-corrected chi connectivity index (χ4v) is 5.53. The Kier molecular flexibility index (Phi) is 4.48. The maximum absolute atomic E-state index is 12.5. The lowest BCUT2D eigenvalue weighted by Gasteiger charge is -2.13. The van der Waals surface area contributed by atoms with Crippen LogP contribution in [0.4, 0.5) is 5.69 Å². The van der Waals surface area contributed by atoms with E-state index in [9.17, 15) is 4.79 Å². The molecule has 0 saturated heterocycles. The monoisotopic (exact) mass is 369 g/mol. The summed E-state index contributed by atoms with van der Waals surface area (Å²) in [5.41, 5.74) is 2.22. The van der Waals surface area contributed by atoms with Gasteiger partial charge in [0.1, 0.15) is 15.7 Å². The van der Waals surface area contributed by atoms with Crippen molar-refractivity contribution in [1.82, 2.24) is 9.97 Å². The molecule has 1 N–H and O–H groups in total. The Hall–Kier alpha value is -1.92. The Labute approximate surface area is 155 Å². The molecular formula is C19H19N3OS2. The molecule has 0 radical (unpaired) electrons. The molecule has 3 aromatic rings. The lowest BCUT2D eigenvalue weighted by molar-refractivity contribution is -0.115. The fraction of sp³-hybridized carbons (Fsp3) is 0.316. The van der Waals surface area contributed by atoms with Gasteiger partial charge in [-0.25, -0.2) is 9.97 Å². The minimum atomic E-state index is -0.227. The van der Waals surface area contributed by atoms with Crippen LogP contribution in [0.25, 0.3) is 10.2 Å². The van der Waals surface area contributed by atoms with Crippen LogP contribution in [0.1, 0.15) is 29.6 Å². The fourth-order valence-electron chi connectivity index (χ4n) is 3.14. The number of carbonyl (C=O) groups is 1. The van der Waals surface area contributed by atoms with E-state index < -0.39 is 0 Å². The van der Waals surface area contributed by atoms with E-state index in [-0.39, 0.29) is 11.2 Å². The van der Waals surface area contributed by atoms with Crippen LogP contribution < -0.4 is 5.32 Å². The van der Waals surface area contributed by atoms with Gasteiger partial charge in [-0.05, 0) is 50.8 Å². The summed E-state index contributed by atoms with van der Waals surface area (Å²) in [5.74, 6) is 0.762. The highest BCUT2D eigenvalue weighted by Crippen LogP contribution is 2.41. The van der Waals surface area contributed by atoms with Gasteiger partial charge in [0, 0.05) is 16.0 Å². The summed E-state index contributed by atoms with van der Waals surface area (Å²) in [6.07, 6.45) is 3.45. The van der Waals surface area contributed by atoms with Crippen LogP contribution in [0, 0.1) is 6.92 Å². The number of amides is 1. The third-order valence-electron chi connectivity index (χ3n) is 4.34. The van der Waals surface area contributed by atoms with E-state index >= 15 is 0 Å². The highest BCUT2D eigenvalue weighted by Gasteiger charge is 2.24.